The highest BCUT2D eigenvalue weighted by Crippen LogP contribution is 2.23. The number of thiophene rings is 1. The minimum atomic E-state index is -2.80. The topological polar surface area (TPSA) is 21.3 Å². The predicted molar refractivity (Wildman–Crippen MR) is 72.4 cm³/mol. The van der Waals surface area contributed by atoms with Crippen molar-refractivity contribution in [1.29, 1.82) is 0 Å². The van der Waals surface area contributed by atoms with Gasteiger partial charge >= 0.3 is 6.61 Å². The lowest BCUT2D eigenvalue weighted by Gasteiger charge is -2.08. The molecule has 1 N–H and O–H groups in total. The molecule has 0 radical (unpaired) electrons. The van der Waals surface area contributed by atoms with Crippen molar-refractivity contribution in [1.82, 2.24) is 0 Å². The standard InChI is InChI=1S/C12H10BrF2NOS/c13-8-4-11(18-7-8)6-16-9-2-1-3-10(5-9)17-12(14)15/h1-5,7,12,16H,6H2. The SMILES string of the molecule is FC(F)Oc1cccc(NCc2cc(Br)cs2)c1. The summed E-state index contributed by atoms with van der Waals surface area (Å²) in [7, 11) is 0. The highest BCUT2D eigenvalue weighted by Gasteiger charge is 2.04. The molecule has 0 fully saturated rings. The first-order chi connectivity index (χ1) is 8.63. The molecule has 18 heavy (non-hydrogen) atoms. The fourth-order valence-corrected chi connectivity index (χ4v) is 2.81. The van der Waals surface area contributed by atoms with Crippen LogP contribution in [0, 0.1) is 0 Å². The summed E-state index contributed by atoms with van der Waals surface area (Å²) in [6.07, 6.45) is 0. The van der Waals surface area contributed by atoms with Gasteiger partial charge in [-0.2, -0.15) is 8.78 Å². The Morgan fingerprint density at radius 1 is 1.33 bits per heavy atom. The molecule has 1 aromatic heterocycles. The number of ether oxygens (including phenoxy) is 1. The Morgan fingerprint density at radius 2 is 2.17 bits per heavy atom. The first-order valence-corrected chi connectivity index (χ1v) is 6.82. The van der Waals surface area contributed by atoms with E-state index >= 15 is 0 Å². The Bertz CT molecular complexity index is 518. The summed E-state index contributed by atoms with van der Waals surface area (Å²) >= 11 is 5.00. The van der Waals surface area contributed by atoms with Crippen molar-refractivity contribution in [2.75, 3.05) is 5.32 Å². The Balaban J connectivity index is 1.96. The summed E-state index contributed by atoms with van der Waals surface area (Å²) in [5.74, 6) is 0.155. The van der Waals surface area contributed by atoms with Crippen LogP contribution in [0.25, 0.3) is 0 Å². The molecular formula is C12H10BrF2NOS. The quantitative estimate of drug-likeness (QED) is 0.854. The smallest absolute Gasteiger partial charge is 0.387 e. The molecule has 0 atom stereocenters. The summed E-state index contributed by atoms with van der Waals surface area (Å²) in [4.78, 5) is 1.15. The molecule has 6 heteroatoms. The number of rotatable bonds is 5. The third-order valence-corrected chi connectivity index (χ3v) is 3.85. The first kappa shape index (κ1) is 13.3. The number of benzene rings is 1. The maximum absolute atomic E-state index is 12.1. The first-order valence-electron chi connectivity index (χ1n) is 5.15. The normalized spacial score (nSPS) is 10.7. The van der Waals surface area contributed by atoms with Crippen LogP contribution in [0.15, 0.2) is 40.2 Å². The van der Waals surface area contributed by atoms with Gasteiger partial charge in [-0.15, -0.1) is 11.3 Å². The molecule has 0 aliphatic carbocycles. The van der Waals surface area contributed by atoms with Crippen LogP contribution in [0.2, 0.25) is 0 Å². The molecule has 0 aliphatic heterocycles. The van der Waals surface area contributed by atoms with Crippen LogP contribution in [-0.2, 0) is 6.54 Å². The lowest BCUT2D eigenvalue weighted by Crippen LogP contribution is -2.03. The van der Waals surface area contributed by atoms with E-state index in [1.165, 1.54) is 6.07 Å². The average molecular weight is 334 g/mol. The molecular weight excluding hydrogens is 324 g/mol. The monoisotopic (exact) mass is 333 g/mol. The number of alkyl halides is 2. The van der Waals surface area contributed by atoms with Gasteiger partial charge in [0.15, 0.2) is 0 Å². The second-order valence-electron chi connectivity index (χ2n) is 3.49. The fraction of sp³-hybridized carbons (Fsp3) is 0.167. The van der Waals surface area contributed by atoms with E-state index in [2.05, 4.69) is 26.0 Å². The highest BCUT2D eigenvalue weighted by molar-refractivity contribution is 9.10. The number of anilines is 1. The van der Waals surface area contributed by atoms with Crippen molar-refractivity contribution in [2.24, 2.45) is 0 Å². The van der Waals surface area contributed by atoms with Crippen molar-refractivity contribution >= 4 is 33.0 Å². The summed E-state index contributed by atoms with van der Waals surface area (Å²) in [5.41, 5.74) is 0.748. The van der Waals surface area contributed by atoms with Crippen LogP contribution in [0.3, 0.4) is 0 Å². The van der Waals surface area contributed by atoms with Crippen LogP contribution in [0.1, 0.15) is 4.88 Å². The molecule has 2 aromatic rings. The van der Waals surface area contributed by atoms with E-state index in [1.807, 2.05) is 11.4 Å². The average Bonchev–Trinajstić information content (AvgIpc) is 2.72. The predicted octanol–water partition coefficient (Wildman–Crippen LogP) is 4.72. The zero-order valence-electron chi connectivity index (χ0n) is 9.20. The third-order valence-electron chi connectivity index (χ3n) is 2.15. The van der Waals surface area contributed by atoms with Gasteiger partial charge in [0.1, 0.15) is 5.75 Å². The lowest BCUT2D eigenvalue weighted by molar-refractivity contribution is -0.0498. The fourth-order valence-electron chi connectivity index (χ4n) is 1.42. The molecule has 1 aromatic carbocycles. The van der Waals surface area contributed by atoms with E-state index in [9.17, 15) is 8.78 Å². The number of hydrogen-bond donors (Lipinski definition) is 1. The molecule has 1 heterocycles. The summed E-state index contributed by atoms with van der Waals surface area (Å²) in [6, 6.07) is 8.54. The third kappa shape index (κ3) is 3.96. The molecule has 2 rings (SSSR count). The summed E-state index contributed by atoms with van der Waals surface area (Å²) in [6.45, 7) is -2.15. The molecule has 0 amide bonds. The molecule has 0 saturated heterocycles. The van der Waals surface area contributed by atoms with Gasteiger partial charge in [0.2, 0.25) is 0 Å². The van der Waals surface area contributed by atoms with E-state index in [-0.39, 0.29) is 5.75 Å². The van der Waals surface area contributed by atoms with Gasteiger partial charge < -0.3 is 10.1 Å². The molecule has 0 saturated carbocycles. The zero-order valence-corrected chi connectivity index (χ0v) is 11.6. The van der Waals surface area contributed by atoms with Crippen molar-refractivity contribution in [3.05, 3.63) is 45.1 Å². The van der Waals surface area contributed by atoms with E-state index < -0.39 is 6.61 Å². The van der Waals surface area contributed by atoms with E-state index in [1.54, 1.807) is 29.5 Å². The molecule has 96 valence electrons. The molecule has 0 spiro atoms. The van der Waals surface area contributed by atoms with Crippen molar-refractivity contribution in [3.8, 4) is 5.75 Å². The van der Waals surface area contributed by atoms with Gasteiger partial charge in [0, 0.05) is 33.0 Å². The lowest BCUT2D eigenvalue weighted by atomic mass is 10.3. The summed E-state index contributed by atoms with van der Waals surface area (Å²) in [5, 5.41) is 5.15. The van der Waals surface area contributed by atoms with E-state index in [4.69, 9.17) is 0 Å². The Hall–Kier alpha value is -1.14. The maximum atomic E-state index is 12.1. The number of nitrogens with one attached hydrogen (secondary N) is 1. The number of halogens is 3. The number of hydrogen-bond acceptors (Lipinski definition) is 3. The molecule has 0 unspecified atom stereocenters. The second kappa shape index (κ2) is 6.15. The van der Waals surface area contributed by atoms with Gasteiger partial charge in [0.25, 0.3) is 0 Å². The molecule has 2 nitrogen and oxygen atoms in total. The Kier molecular flexibility index (Phi) is 4.54. The van der Waals surface area contributed by atoms with Crippen LogP contribution in [0.4, 0.5) is 14.5 Å². The van der Waals surface area contributed by atoms with Crippen LogP contribution in [-0.4, -0.2) is 6.61 Å². The van der Waals surface area contributed by atoms with Gasteiger partial charge in [-0.25, -0.2) is 0 Å². The van der Waals surface area contributed by atoms with Gasteiger partial charge in [0.05, 0.1) is 0 Å². The second-order valence-corrected chi connectivity index (χ2v) is 5.40. The maximum Gasteiger partial charge on any atom is 0.387 e. The highest BCUT2D eigenvalue weighted by atomic mass is 79.9. The Labute approximate surface area is 116 Å². The minimum Gasteiger partial charge on any atom is -0.435 e. The van der Waals surface area contributed by atoms with Crippen LogP contribution < -0.4 is 10.1 Å². The Morgan fingerprint density at radius 3 is 2.83 bits per heavy atom. The van der Waals surface area contributed by atoms with E-state index in [0.29, 0.717) is 6.54 Å². The molecule has 0 bridgehead atoms. The molecule has 0 aliphatic rings. The van der Waals surface area contributed by atoms with Crippen molar-refractivity contribution in [3.63, 3.8) is 0 Å². The van der Waals surface area contributed by atoms with Crippen LogP contribution in [0.5, 0.6) is 5.75 Å². The summed E-state index contributed by atoms with van der Waals surface area (Å²) < 4.78 is 29.5. The van der Waals surface area contributed by atoms with Crippen molar-refractivity contribution in [2.45, 2.75) is 13.2 Å². The zero-order chi connectivity index (χ0) is 13.0. The van der Waals surface area contributed by atoms with Gasteiger partial charge in [-0.1, -0.05) is 6.07 Å². The van der Waals surface area contributed by atoms with Gasteiger partial charge in [-0.05, 0) is 34.1 Å². The largest absolute Gasteiger partial charge is 0.435 e. The minimum absolute atomic E-state index is 0.155. The van der Waals surface area contributed by atoms with Crippen LogP contribution >= 0.6 is 27.3 Å². The van der Waals surface area contributed by atoms with Gasteiger partial charge in [-0.3, -0.25) is 0 Å². The van der Waals surface area contributed by atoms with Crippen molar-refractivity contribution < 1.29 is 13.5 Å². The van der Waals surface area contributed by atoms with E-state index in [0.717, 1.165) is 15.0 Å².